The van der Waals surface area contributed by atoms with Crippen LogP contribution in [-0.4, -0.2) is 60.5 Å². The van der Waals surface area contributed by atoms with Gasteiger partial charge in [-0.05, 0) is 26.0 Å². The Balaban J connectivity index is 0.00000288. The predicted octanol–water partition coefficient (Wildman–Crippen LogP) is 2.44. The molecule has 0 radical (unpaired) electrons. The number of aliphatic imine (C=N–C) groups is 1. The molecule has 24 heavy (non-hydrogen) atoms. The zero-order valence-corrected chi connectivity index (χ0v) is 17.7. The SMILES string of the molecule is CN=C(NCCNC(=O)c1ccccc1)N1CCSC(C)(C)C1.I. The molecule has 2 rings (SSSR count). The summed E-state index contributed by atoms with van der Waals surface area (Å²) in [6.45, 7) is 7.74. The Morgan fingerprint density at radius 2 is 1.92 bits per heavy atom. The standard InChI is InChI=1S/C17H26N4OS.HI/c1-17(2)13-21(11-12-23-17)16(18-3)20-10-9-19-15(22)14-7-5-4-6-8-14;/h4-8H,9-13H2,1-3H3,(H,18,20)(H,19,22);1H. The highest BCUT2D eigenvalue weighted by molar-refractivity contribution is 14.0. The molecule has 0 unspecified atom stereocenters. The number of nitrogens with zero attached hydrogens (tertiary/aromatic N) is 2. The molecular formula is C17H27IN4OS. The molecule has 1 aromatic rings. The third kappa shape index (κ3) is 6.51. The third-order valence-corrected chi connectivity index (χ3v) is 4.96. The second-order valence-electron chi connectivity index (χ2n) is 6.13. The first-order chi connectivity index (χ1) is 11.0. The zero-order chi connectivity index (χ0) is 16.7. The van der Waals surface area contributed by atoms with Crippen molar-refractivity contribution in [3.05, 3.63) is 35.9 Å². The van der Waals surface area contributed by atoms with Crippen molar-refractivity contribution in [2.24, 2.45) is 4.99 Å². The van der Waals surface area contributed by atoms with E-state index in [4.69, 9.17) is 0 Å². The molecule has 1 fully saturated rings. The van der Waals surface area contributed by atoms with E-state index in [0.29, 0.717) is 18.7 Å². The molecule has 1 heterocycles. The Morgan fingerprint density at radius 1 is 1.25 bits per heavy atom. The smallest absolute Gasteiger partial charge is 0.251 e. The first kappa shape index (κ1) is 21.1. The van der Waals surface area contributed by atoms with Crippen LogP contribution in [0.5, 0.6) is 0 Å². The summed E-state index contributed by atoms with van der Waals surface area (Å²) in [7, 11) is 1.81. The van der Waals surface area contributed by atoms with Crippen LogP contribution in [-0.2, 0) is 0 Å². The van der Waals surface area contributed by atoms with Gasteiger partial charge in [0.05, 0.1) is 0 Å². The van der Waals surface area contributed by atoms with Crippen molar-refractivity contribution in [1.29, 1.82) is 0 Å². The molecule has 0 saturated carbocycles. The van der Waals surface area contributed by atoms with Crippen LogP contribution in [0.3, 0.4) is 0 Å². The molecule has 0 bridgehead atoms. The van der Waals surface area contributed by atoms with Crippen molar-refractivity contribution in [2.75, 3.05) is 39.0 Å². The lowest BCUT2D eigenvalue weighted by atomic mass is 10.2. The highest BCUT2D eigenvalue weighted by Crippen LogP contribution is 2.29. The monoisotopic (exact) mass is 462 g/mol. The van der Waals surface area contributed by atoms with E-state index in [2.05, 4.69) is 34.4 Å². The van der Waals surface area contributed by atoms with Gasteiger partial charge >= 0.3 is 0 Å². The minimum Gasteiger partial charge on any atom is -0.354 e. The number of nitrogens with one attached hydrogen (secondary N) is 2. The minimum atomic E-state index is -0.0436. The molecule has 1 aliphatic heterocycles. The lowest BCUT2D eigenvalue weighted by molar-refractivity contribution is 0.0954. The number of carbonyl (C=O) groups excluding carboxylic acids is 1. The van der Waals surface area contributed by atoms with E-state index in [-0.39, 0.29) is 34.6 Å². The van der Waals surface area contributed by atoms with Gasteiger partial charge in [0.25, 0.3) is 5.91 Å². The van der Waals surface area contributed by atoms with Crippen molar-refractivity contribution >= 4 is 47.6 Å². The maximum absolute atomic E-state index is 12.0. The summed E-state index contributed by atoms with van der Waals surface area (Å²) in [5.74, 6) is 1.98. The quantitative estimate of drug-likeness (QED) is 0.313. The number of hydrogen-bond donors (Lipinski definition) is 2. The molecule has 1 saturated heterocycles. The maximum atomic E-state index is 12.0. The lowest BCUT2D eigenvalue weighted by Crippen LogP contribution is -2.51. The van der Waals surface area contributed by atoms with Crippen LogP contribution in [0.15, 0.2) is 35.3 Å². The number of rotatable bonds is 4. The van der Waals surface area contributed by atoms with Crippen LogP contribution in [0.4, 0.5) is 0 Å². The topological polar surface area (TPSA) is 56.7 Å². The number of carbonyl (C=O) groups is 1. The van der Waals surface area contributed by atoms with Gasteiger partial charge in [0.15, 0.2) is 5.96 Å². The van der Waals surface area contributed by atoms with Gasteiger partial charge in [-0.25, -0.2) is 0 Å². The van der Waals surface area contributed by atoms with Crippen molar-refractivity contribution in [3.8, 4) is 0 Å². The fraction of sp³-hybridized carbons (Fsp3) is 0.529. The average Bonchev–Trinajstić information content (AvgIpc) is 2.54. The molecule has 134 valence electrons. The number of hydrogen-bond acceptors (Lipinski definition) is 3. The normalized spacial score (nSPS) is 17.0. The average molecular weight is 462 g/mol. The van der Waals surface area contributed by atoms with Crippen molar-refractivity contribution in [3.63, 3.8) is 0 Å². The Labute approximate surface area is 166 Å². The van der Waals surface area contributed by atoms with Crippen LogP contribution in [0.2, 0.25) is 0 Å². The Hall–Kier alpha value is -0.960. The Kier molecular flexibility index (Phi) is 8.90. The second-order valence-corrected chi connectivity index (χ2v) is 7.93. The van der Waals surface area contributed by atoms with E-state index in [1.807, 2.05) is 42.1 Å². The zero-order valence-electron chi connectivity index (χ0n) is 14.5. The fourth-order valence-electron chi connectivity index (χ4n) is 2.57. The van der Waals surface area contributed by atoms with Crippen LogP contribution in [0.25, 0.3) is 0 Å². The second kappa shape index (κ2) is 10.1. The van der Waals surface area contributed by atoms with E-state index in [9.17, 15) is 4.79 Å². The number of amides is 1. The Bertz CT molecular complexity index is 551. The first-order valence-corrected chi connectivity index (χ1v) is 8.93. The molecule has 0 atom stereocenters. The maximum Gasteiger partial charge on any atom is 0.251 e. The first-order valence-electron chi connectivity index (χ1n) is 7.95. The van der Waals surface area contributed by atoms with Gasteiger partial charge in [0.1, 0.15) is 0 Å². The fourth-order valence-corrected chi connectivity index (χ4v) is 3.68. The molecule has 0 spiro atoms. The van der Waals surface area contributed by atoms with Crippen LogP contribution in [0, 0.1) is 0 Å². The van der Waals surface area contributed by atoms with E-state index in [1.165, 1.54) is 0 Å². The molecule has 7 heteroatoms. The van der Waals surface area contributed by atoms with E-state index >= 15 is 0 Å². The highest BCUT2D eigenvalue weighted by atomic mass is 127. The Morgan fingerprint density at radius 3 is 2.54 bits per heavy atom. The highest BCUT2D eigenvalue weighted by Gasteiger charge is 2.28. The number of guanidine groups is 1. The van der Waals surface area contributed by atoms with Crippen LogP contribution < -0.4 is 10.6 Å². The summed E-state index contributed by atoms with van der Waals surface area (Å²) < 4.78 is 0.247. The van der Waals surface area contributed by atoms with Gasteiger partial charge in [0.2, 0.25) is 0 Å². The number of benzene rings is 1. The number of thioether (sulfide) groups is 1. The van der Waals surface area contributed by atoms with Crippen molar-refractivity contribution in [2.45, 2.75) is 18.6 Å². The molecule has 0 aromatic heterocycles. The van der Waals surface area contributed by atoms with Crippen LogP contribution >= 0.6 is 35.7 Å². The molecule has 1 aliphatic rings. The molecule has 1 aromatic carbocycles. The minimum absolute atomic E-state index is 0. The largest absolute Gasteiger partial charge is 0.354 e. The van der Waals surface area contributed by atoms with Gasteiger partial charge in [-0.3, -0.25) is 9.79 Å². The third-order valence-electron chi connectivity index (χ3n) is 3.67. The van der Waals surface area contributed by atoms with Gasteiger partial charge in [0, 0.05) is 49.3 Å². The van der Waals surface area contributed by atoms with E-state index in [0.717, 1.165) is 24.8 Å². The van der Waals surface area contributed by atoms with Gasteiger partial charge < -0.3 is 15.5 Å². The van der Waals surface area contributed by atoms with Crippen molar-refractivity contribution < 1.29 is 4.79 Å². The van der Waals surface area contributed by atoms with Gasteiger partial charge in [-0.1, -0.05) is 18.2 Å². The van der Waals surface area contributed by atoms with E-state index in [1.54, 1.807) is 7.05 Å². The number of halogens is 1. The summed E-state index contributed by atoms with van der Waals surface area (Å²) in [6.07, 6.45) is 0. The van der Waals surface area contributed by atoms with E-state index < -0.39 is 0 Å². The van der Waals surface area contributed by atoms with Crippen LogP contribution in [0.1, 0.15) is 24.2 Å². The summed E-state index contributed by atoms with van der Waals surface area (Å²) in [4.78, 5) is 18.6. The molecule has 5 nitrogen and oxygen atoms in total. The summed E-state index contributed by atoms with van der Waals surface area (Å²) in [5, 5.41) is 6.25. The summed E-state index contributed by atoms with van der Waals surface area (Å²) >= 11 is 2.00. The molecule has 1 amide bonds. The lowest BCUT2D eigenvalue weighted by Gasteiger charge is -2.39. The summed E-state index contributed by atoms with van der Waals surface area (Å²) in [6, 6.07) is 9.27. The van der Waals surface area contributed by atoms with Gasteiger partial charge in [-0.15, -0.1) is 24.0 Å². The van der Waals surface area contributed by atoms with Crippen molar-refractivity contribution in [1.82, 2.24) is 15.5 Å². The summed E-state index contributed by atoms with van der Waals surface area (Å²) in [5.41, 5.74) is 0.687. The molecular weight excluding hydrogens is 435 g/mol. The predicted molar refractivity (Wildman–Crippen MR) is 114 cm³/mol. The molecule has 2 N–H and O–H groups in total. The molecule has 0 aliphatic carbocycles. The van der Waals surface area contributed by atoms with Gasteiger partial charge in [-0.2, -0.15) is 11.8 Å².